The van der Waals surface area contributed by atoms with Gasteiger partial charge in [0, 0.05) is 45.0 Å². The molecule has 6 nitrogen and oxygen atoms in total. The van der Waals surface area contributed by atoms with Gasteiger partial charge in [-0.05, 0) is 43.4 Å². The van der Waals surface area contributed by atoms with Crippen molar-refractivity contribution in [2.75, 3.05) is 39.4 Å². The van der Waals surface area contributed by atoms with Gasteiger partial charge >= 0.3 is 0 Å². The van der Waals surface area contributed by atoms with Gasteiger partial charge in [0.15, 0.2) is 0 Å². The number of aryl methyl sites for hydroxylation is 1. The van der Waals surface area contributed by atoms with E-state index in [4.69, 9.17) is 10.5 Å². The lowest BCUT2D eigenvalue weighted by Crippen LogP contribution is -2.56. The minimum atomic E-state index is -0.507. The molecule has 1 unspecified atom stereocenters. The second kappa shape index (κ2) is 8.14. The molecule has 142 valence electrons. The van der Waals surface area contributed by atoms with Crippen LogP contribution in [0.15, 0.2) is 18.2 Å². The summed E-state index contributed by atoms with van der Waals surface area (Å²) in [6.07, 6.45) is 1.62. The number of rotatable bonds is 3. The zero-order valence-electron chi connectivity index (χ0n) is 15.1. The first-order valence-corrected chi connectivity index (χ1v) is 9.15. The van der Waals surface area contributed by atoms with Crippen molar-refractivity contribution in [2.45, 2.75) is 25.8 Å². The summed E-state index contributed by atoms with van der Waals surface area (Å²) in [5.41, 5.74) is 7.02. The summed E-state index contributed by atoms with van der Waals surface area (Å²) in [4.78, 5) is 28.6. The molecule has 1 atom stereocenters. The van der Waals surface area contributed by atoms with Crippen LogP contribution in [0.1, 0.15) is 28.8 Å². The average molecular weight is 363 g/mol. The van der Waals surface area contributed by atoms with Crippen LogP contribution in [0.25, 0.3) is 0 Å². The summed E-state index contributed by atoms with van der Waals surface area (Å²) in [6, 6.07) is 4.01. The lowest BCUT2D eigenvalue weighted by Gasteiger charge is -2.37. The number of benzene rings is 1. The molecule has 0 aliphatic carbocycles. The lowest BCUT2D eigenvalue weighted by atomic mass is 9.91. The molecule has 0 aromatic heterocycles. The van der Waals surface area contributed by atoms with E-state index in [1.807, 2.05) is 0 Å². The van der Waals surface area contributed by atoms with Crippen molar-refractivity contribution in [3.05, 3.63) is 35.1 Å². The van der Waals surface area contributed by atoms with Crippen molar-refractivity contribution in [1.82, 2.24) is 9.80 Å². The van der Waals surface area contributed by atoms with Crippen molar-refractivity contribution in [3.63, 3.8) is 0 Å². The molecule has 2 heterocycles. The molecule has 0 spiro atoms. The highest BCUT2D eigenvalue weighted by molar-refractivity contribution is 5.94. The van der Waals surface area contributed by atoms with Gasteiger partial charge in [0.25, 0.3) is 5.91 Å². The third kappa shape index (κ3) is 4.04. The SMILES string of the molecule is Cc1ccc(C(=O)N2CCN(C(=O)C(N)C3CCOCC3)CC2)cc1F. The zero-order chi connectivity index (χ0) is 18.7. The van der Waals surface area contributed by atoms with Crippen LogP contribution in [0.3, 0.4) is 0 Å². The van der Waals surface area contributed by atoms with E-state index in [0.717, 1.165) is 12.8 Å². The number of piperazine rings is 1. The molecule has 2 N–H and O–H groups in total. The predicted molar refractivity (Wildman–Crippen MR) is 95.1 cm³/mol. The van der Waals surface area contributed by atoms with Gasteiger partial charge in [-0.25, -0.2) is 4.39 Å². The monoisotopic (exact) mass is 363 g/mol. The summed E-state index contributed by atoms with van der Waals surface area (Å²) >= 11 is 0. The van der Waals surface area contributed by atoms with E-state index in [2.05, 4.69) is 0 Å². The van der Waals surface area contributed by atoms with Gasteiger partial charge < -0.3 is 20.3 Å². The first kappa shape index (κ1) is 18.8. The Morgan fingerprint density at radius 3 is 2.38 bits per heavy atom. The number of ether oxygens (including phenoxy) is 1. The summed E-state index contributed by atoms with van der Waals surface area (Å²) in [7, 11) is 0. The Kier molecular flexibility index (Phi) is 5.88. The van der Waals surface area contributed by atoms with Crippen molar-refractivity contribution in [1.29, 1.82) is 0 Å². The molecule has 2 amide bonds. The lowest BCUT2D eigenvalue weighted by molar-refractivity contribution is -0.136. The fourth-order valence-electron chi connectivity index (χ4n) is 3.53. The Balaban J connectivity index is 1.55. The molecule has 3 rings (SSSR count). The van der Waals surface area contributed by atoms with Crippen LogP contribution in [0.4, 0.5) is 4.39 Å². The van der Waals surface area contributed by atoms with Crippen LogP contribution < -0.4 is 5.73 Å². The molecule has 2 fully saturated rings. The number of hydrogen-bond donors (Lipinski definition) is 1. The van der Waals surface area contributed by atoms with Gasteiger partial charge in [0.2, 0.25) is 5.91 Å². The second-order valence-corrected chi connectivity index (χ2v) is 7.06. The molecular weight excluding hydrogens is 337 g/mol. The molecule has 26 heavy (non-hydrogen) atoms. The Bertz CT molecular complexity index is 668. The summed E-state index contributed by atoms with van der Waals surface area (Å²) in [6.45, 7) is 4.74. The number of amides is 2. The minimum absolute atomic E-state index is 0.0506. The van der Waals surface area contributed by atoms with E-state index in [0.29, 0.717) is 50.5 Å². The van der Waals surface area contributed by atoms with Crippen LogP contribution in [-0.4, -0.2) is 67.0 Å². The second-order valence-electron chi connectivity index (χ2n) is 7.06. The topological polar surface area (TPSA) is 75.9 Å². The molecular formula is C19H26FN3O3. The van der Waals surface area contributed by atoms with Gasteiger partial charge in [-0.2, -0.15) is 0 Å². The number of carbonyl (C=O) groups is 2. The third-order valence-corrected chi connectivity index (χ3v) is 5.36. The Labute approximate surface area is 153 Å². The Hall–Kier alpha value is -1.99. The Morgan fingerprint density at radius 1 is 1.15 bits per heavy atom. The molecule has 0 bridgehead atoms. The molecule has 0 radical (unpaired) electrons. The fourth-order valence-corrected chi connectivity index (χ4v) is 3.53. The van der Waals surface area contributed by atoms with Crippen molar-refractivity contribution >= 4 is 11.8 Å². The maximum absolute atomic E-state index is 13.7. The predicted octanol–water partition coefficient (Wildman–Crippen LogP) is 1.17. The van der Waals surface area contributed by atoms with Crippen LogP contribution in [-0.2, 0) is 9.53 Å². The normalized spacial score (nSPS) is 20.1. The largest absolute Gasteiger partial charge is 0.381 e. The molecule has 2 aliphatic rings. The molecule has 2 saturated heterocycles. The maximum atomic E-state index is 13.7. The highest BCUT2D eigenvalue weighted by Gasteiger charge is 2.32. The van der Waals surface area contributed by atoms with Crippen LogP contribution in [0, 0.1) is 18.7 Å². The van der Waals surface area contributed by atoms with E-state index >= 15 is 0 Å². The fraction of sp³-hybridized carbons (Fsp3) is 0.579. The zero-order valence-corrected chi connectivity index (χ0v) is 15.1. The first-order valence-electron chi connectivity index (χ1n) is 9.15. The molecule has 7 heteroatoms. The average Bonchev–Trinajstić information content (AvgIpc) is 2.69. The van der Waals surface area contributed by atoms with Crippen LogP contribution in [0.2, 0.25) is 0 Å². The van der Waals surface area contributed by atoms with Gasteiger partial charge in [-0.3, -0.25) is 9.59 Å². The molecule has 0 saturated carbocycles. The maximum Gasteiger partial charge on any atom is 0.254 e. The smallest absolute Gasteiger partial charge is 0.254 e. The molecule has 1 aromatic carbocycles. The quantitative estimate of drug-likeness (QED) is 0.875. The number of nitrogens with zero attached hydrogens (tertiary/aromatic N) is 2. The Morgan fingerprint density at radius 2 is 1.77 bits per heavy atom. The summed E-state index contributed by atoms with van der Waals surface area (Å²) < 4.78 is 19.0. The van der Waals surface area contributed by atoms with E-state index in [1.54, 1.807) is 28.9 Å². The van der Waals surface area contributed by atoms with E-state index < -0.39 is 6.04 Å². The summed E-state index contributed by atoms with van der Waals surface area (Å²) in [5.74, 6) is -0.478. The van der Waals surface area contributed by atoms with Gasteiger partial charge in [0.05, 0.1) is 6.04 Å². The van der Waals surface area contributed by atoms with E-state index in [9.17, 15) is 14.0 Å². The van der Waals surface area contributed by atoms with Crippen molar-refractivity contribution in [3.8, 4) is 0 Å². The standard InChI is InChI=1S/C19H26FN3O3/c1-13-2-3-15(12-16(13)20)18(24)22-6-8-23(9-7-22)19(25)17(21)14-4-10-26-11-5-14/h2-3,12,14,17H,4-11,21H2,1H3. The minimum Gasteiger partial charge on any atom is -0.381 e. The van der Waals surface area contributed by atoms with Crippen molar-refractivity contribution in [2.24, 2.45) is 11.7 Å². The van der Waals surface area contributed by atoms with Crippen LogP contribution in [0.5, 0.6) is 0 Å². The van der Waals surface area contributed by atoms with Crippen LogP contribution >= 0.6 is 0 Å². The number of halogens is 1. The van der Waals surface area contributed by atoms with Gasteiger partial charge in [0.1, 0.15) is 5.82 Å². The number of hydrogen-bond acceptors (Lipinski definition) is 4. The summed E-state index contributed by atoms with van der Waals surface area (Å²) in [5, 5.41) is 0. The van der Waals surface area contributed by atoms with Gasteiger partial charge in [-0.15, -0.1) is 0 Å². The van der Waals surface area contributed by atoms with Gasteiger partial charge in [-0.1, -0.05) is 6.07 Å². The highest BCUT2D eigenvalue weighted by atomic mass is 19.1. The van der Waals surface area contributed by atoms with Crippen molar-refractivity contribution < 1.29 is 18.7 Å². The van der Waals surface area contributed by atoms with E-state index in [1.165, 1.54) is 6.07 Å². The molecule has 1 aromatic rings. The van der Waals surface area contributed by atoms with E-state index in [-0.39, 0.29) is 23.5 Å². The number of carbonyl (C=O) groups excluding carboxylic acids is 2. The molecule has 2 aliphatic heterocycles. The third-order valence-electron chi connectivity index (χ3n) is 5.36. The highest BCUT2D eigenvalue weighted by Crippen LogP contribution is 2.20. The first-order chi connectivity index (χ1) is 12.5. The number of nitrogens with two attached hydrogens (primary N) is 1.